The van der Waals surface area contributed by atoms with Crippen molar-refractivity contribution in [2.24, 2.45) is 17.6 Å². The fourth-order valence-electron chi connectivity index (χ4n) is 3.32. The van der Waals surface area contributed by atoms with Crippen molar-refractivity contribution in [1.82, 2.24) is 5.32 Å². The highest BCUT2D eigenvalue weighted by Gasteiger charge is 2.22. The number of anilines is 1. The number of rotatable bonds is 9. The largest absolute Gasteiger partial charge is 0.366 e. The lowest BCUT2D eigenvalue weighted by Crippen LogP contribution is -2.41. The first kappa shape index (κ1) is 22.6. The van der Waals surface area contributed by atoms with Crippen LogP contribution in [0.25, 0.3) is 0 Å². The number of amides is 2. The van der Waals surface area contributed by atoms with Crippen molar-refractivity contribution in [2.45, 2.75) is 53.1 Å². The molecule has 0 bridgehead atoms. The fraction of sp³-hybridized carbons (Fsp3) is 0.417. The Bertz CT molecular complexity index is 811. The second kappa shape index (κ2) is 10.2. The average molecular weight is 396 g/mol. The maximum Gasteiger partial charge on any atom is 0.248 e. The van der Waals surface area contributed by atoms with Crippen LogP contribution in [0, 0.1) is 11.8 Å². The van der Waals surface area contributed by atoms with Gasteiger partial charge in [0.25, 0.3) is 0 Å². The predicted molar refractivity (Wildman–Crippen MR) is 119 cm³/mol. The molecular formula is C24H33N3O2. The molecule has 2 atom stereocenters. The summed E-state index contributed by atoms with van der Waals surface area (Å²) in [6, 6.07) is 14.9. The SMILES string of the molecule is CC(C)Cc1ccc([C@@H](N[C@@H](C)C(=O)Nc2ccc(C(N)=O)cc2)C(C)C)cc1. The molecule has 0 aliphatic carbocycles. The molecule has 0 saturated carbocycles. The molecular weight excluding hydrogens is 362 g/mol. The molecule has 2 aromatic carbocycles. The number of hydrogen-bond donors (Lipinski definition) is 3. The molecule has 0 radical (unpaired) electrons. The van der Waals surface area contributed by atoms with Crippen molar-refractivity contribution in [3.63, 3.8) is 0 Å². The van der Waals surface area contributed by atoms with Gasteiger partial charge in [0.1, 0.15) is 0 Å². The zero-order valence-electron chi connectivity index (χ0n) is 18.0. The van der Waals surface area contributed by atoms with Gasteiger partial charge in [0.15, 0.2) is 0 Å². The zero-order valence-corrected chi connectivity index (χ0v) is 18.0. The average Bonchev–Trinajstić information content (AvgIpc) is 2.66. The van der Waals surface area contributed by atoms with Gasteiger partial charge in [0.2, 0.25) is 11.8 Å². The van der Waals surface area contributed by atoms with Crippen LogP contribution in [0.5, 0.6) is 0 Å². The van der Waals surface area contributed by atoms with Crippen LogP contribution in [-0.4, -0.2) is 17.9 Å². The summed E-state index contributed by atoms with van der Waals surface area (Å²) in [6.45, 7) is 10.6. The van der Waals surface area contributed by atoms with Crippen LogP contribution >= 0.6 is 0 Å². The molecule has 0 fully saturated rings. The Hall–Kier alpha value is -2.66. The highest BCUT2D eigenvalue weighted by molar-refractivity contribution is 5.96. The first-order valence-corrected chi connectivity index (χ1v) is 10.2. The van der Waals surface area contributed by atoms with Crippen LogP contribution in [0.1, 0.15) is 62.1 Å². The second-order valence-electron chi connectivity index (χ2n) is 8.38. The quantitative estimate of drug-likeness (QED) is 0.592. The number of hydrogen-bond acceptors (Lipinski definition) is 3. The maximum atomic E-state index is 12.6. The summed E-state index contributed by atoms with van der Waals surface area (Å²) >= 11 is 0. The Labute approximate surface area is 174 Å². The summed E-state index contributed by atoms with van der Waals surface area (Å²) in [4.78, 5) is 23.8. The van der Waals surface area contributed by atoms with Gasteiger partial charge in [-0.2, -0.15) is 0 Å². The molecule has 0 saturated heterocycles. The molecule has 0 unspecified atom stereocenters. The third-order valence-electron chi connectivity index (χ3n) is 4.91. The predicted octanol–water partition coefficient (Wildman–Crippen LogP) is 4.30. The van der Waals surface area contributed by atoms with Crippen molar-refractivity contribution < 1.29 is 9.59 Å². The van der Waals surface area contributed by atoms with E-state index in [4.69, 9.17) is 5.73 Å². The lowest BCUT2D eigenvalue weighted by atomic mass is 9.93. The minimum atomic E-state index is -0.489. The van der Waals surface area contributed by atoms with Gasteiger partial charge in [-0.05, 0) is 60.6 Å². The summed E-state index contributed by atoms with van der Waals surface area (Å²) in [6.07, 6.45) is 1.06. The minimum absolute atomic E-state index is 0.0705. The first-order valence-electron chi connectivity index (χ1n) is 10.2. The van der Waals surface area contributed by atoms with E-state index in [0.717, 1.165) is 6.42 Å². The molecule has 2 amide bonds. The van der Waals surface area contributed by atoms with Gasteiger partial charge in [-0.25, -0.2) is 0 Å². The zero-order chi connectivity index (χ0) is 21.6. The van der Waals surface area contributed by atoms with Gasteiger partial charge in [0, 0.05) is 17.3 Å². The normalized spacial score (nSPS) is 13.3. The minimum Gasteiger partial charge on any atom is -0.366 e. The van der Waals surface area contributed by atoms with Crippen LogP contribution in [0.2, 0.25) is 0 Å². The molecule has 0 spiro atoms. The lowest BCUT2D eigenvalue weighted by molar-refractivity contribution is -0.118. The van der Waals surface area contributed by atoms with Crippen molar-refractivity contribution >= 4 is 17.5 Å². The van der Waals surface area contributed by atoms with E-state index < -0.39 is 5.91 Å². The van der Waals surface area contributed by atoms with E-state index in [9.17, 15) is 9.59 Å². The van der Waals surface area contributed by atoms with Gasteiger partial charge in [-0.15, -0.1) is 0 Å². The summed E-state index contributed by atoms with van der Waals surface area (Å²) in [5.74, 6) is 0.340. The Morgan fingerprint density at radius 1 is 0.897 bits per heavy atom. The Morgan fingerprint density at radius 3 is 1.97 bits per heavy atom. The van der Waals surface area contributed by atoms with Gasteiger partial charge in [0.05, 0.1) is 6.04 Å². The van der Waals surface area contributed by atoms with E-state index in [1.165, 1.54) is 11.1 Å². The van der Waals surface area contributed by atoms with Crippen molar-refractivity contribution in [3.8, 4) is 0 Å². The third kappa shape index (κ3) is 6.71. The first-order chi connectivity index (χ1) is 13.7. The molecule has 2 aromatic rings. The molecule has 0 aliphatic rings. The summed E-state index contributed by atoms with van der Waals surface area (Å²) < 4.78 is 0. The standard InChI is InChI=1S/C24H33N3O2/c1-15(2)14-18-6-8-19(9-7-18)22(16(3)4)26-17(5)24(29)27-21-12-10-20(11-13-21)23(25)28/h6-13,15-17,22,26H,14H2,1-5H3,(H2,25,28)(H,27,29)/t17-,22-/m0/s1. The second-order valence-corrected chi connectivity index (χ2v) is 8.38. The van der Waals surface area contributed by atoms with Crippen molar-refractivity contribution in [3.05, 3.63) is 65.2 Å². The Morgan fingerprint density at radius 2 is 1.48 bits per heavy atom. The number of benzene rings is 2. The van der Waals surface area contributed by atoms with E-state index in [-0.39, 0.29) is 18.0 Å². The molecule has 156 valence electrons. The third-order valence-corrected chi connectivity index (χ3v) is 4.91. The molecule has 0 heterocycles. The Balaban J connectivity index is 2.03. The molecule has 5 nitrogen and oxygen atoms in total. The molecule has 29 heavy (non-hydrogen) atoms. The van der Waals surface area contributed by atoms with E-state index >= 15 is 0 Å². The van der Waals surface area contributed by atoms with Gasteiger partial charge < -0.3 is 11.1 Å². The lowest BCUT2D eigenvalue weighted by Gasteiger charge is -2.27. The Kier molecular flexibility index (Phi) is 7.97. The molecule has 0 aromatic heterocycles. The number of primary amides is 1. The van der Waals surface area contributed by atoms with Gasteiger partial charge >= 0.3 is 0 Å². The maximum absolute atomic E-state index is 12.6. The topological polar surface area (TPSA) is 84.2 Å². The van der Waals surface area contributed by atoms with E-state index in [1.54, 1.807) is 24.3 Å². The van der Waals surface area contributed by atoms with E-state index in [0.29, 0.717) is 23.1 Å². The van der Waals surface area contributed by atoms with E-state index in [1.807, 2.05) is 6.92 Å². The van der Waals surface area contributed by atoms with Crippen molar-refractivity contribution in [2.75, 3.05) is 5.32 Å². The van der Waals surface area contributed by atoms with Crippen LogP contribution in [-0.2, 0) is 11.2 Å². The summed E-state index contributed by atoms with van der Waals surface area (Å²) in [5.41, 5.74) is 8.80. The monoisotopic (exact) mass is 395 g/mol. The van der Waals surface area contributed by atoms with E-state index in [2.05, 4.69) is 62.6 Å². The number of carbonyl (C=O) groups excluding carboxylic acids is 2. The van der Waals surface area contributed by atoms with Crippen LogP contribution in [0.15, 0.2) is 48.5 Å². The van der Waals surface area contributed by atoms with Gasteiger partial charge in [-0.3, -0.25) is 14.9 Å². The summed E-state index contributed by atoms with van der Waals surface area (Å²) in [5, 5.41) is 6.34. The highest BCUT2D eigenvalue weighted by Crippen LogP contribution is 2.23. The molecule has 2 rings (SSSR count). The van der Waals surface area contributed by atoms with Crippen LogP contribution < -0.4 is 16.4 Å². The number of carbonyl (C=O) groups is 2. The summed E-state index contributed by atoms with van der Waals surface area (Å²) in [7, 11) is 0. The van der Waals surface area contributed by atoms with Crippen LogP contribution in [0.4, 0.5) is 5.69 Å². The molecule has 0 aliphatic heterocycles. The smallest absolute Gasteiger partial charge is 0.248 e. The molecule has 4 N–H and O–H groups in total. The highest BCUT2D eigenvalue weighted by atomic mass is 16.2. The van der Waals surface area contributed by atoms with Crippen LogP contribution in [0.3, 0.4) is 0 Å². The fourth-order valence-corrected chi connectivity index (χ4v) is 3.32. The molecule has 5 heteroatoms. The van der Waals surface area contributed by atoms with Crippen molar-refractivity contribution in [1.29, 1.82) is 0 Å². The van der Waals surface area contributed by atoms with Gasteiger partial charge in [-0.1, -0.05) is 52.0 Å². The number of nitrogens with two attached hydrogens (primary N) is 1. The number of nitrogens with one attached hydrogen (secondary N) is 2.